The molecular weight excluding hydrogens is 397 g/mol. The summed E-state index contributed by atoms with van der Waals surface area (Å²) in [7, 11) is 0. The van der Waals surface area contributed by atoms with Crippen molar-refractivity contribution in [2.75, 3.05) is 44.2 Å². The van der Waals surface area contributed by atoms with E-state index in [0.717, 1.165) is 25.2 Å². The van der Waals surface area contributed by atoms with Gasteiger partial charge in [0.1, 0.15) is 0 Å². The fraction of sp³-hybridized carbons (Fsp3) is 0.450. The van der Waals surface area contributed by atoms with Gasteiger partial charge in [-0.05, 0) is 30.2 Å². The van der Waals surface area contributed by atoms with E-state index in [1.165, 1.54) is 12.1 Å². The number of nitrogens with zero attached hydrogens (tertiary/aromatic N) is 5. The molecule has 0 bridgehead atoms. The molecule has 3 N–H and O–H groups in total. The predicted molar refractivity (Wildman–Crippen MR) is 108 cm³/mol. The van der Waals surface area contributed by atoms with Crippen LogP contribution in [0.4, 0.5) is 19.1 Å². The number of aliphatic hydroxyl groups is 1. The third-order valence-corrected chi connectivity index (χ3v) is 5.01. The highest BCUT2D eigenvalue weighted by atomic mass is 19.4. The maximum Gasteiger partial charge on any atom is 0.416 e. The van der Waals surface area contributed by atoms with Crippen molar-refractivity contribution in [2.24, 2.45) is 16.6 Å². The van der Waals surface area contributed by atoms with Crippen LogP contribution >= 0.6 is 0 Å². The van der Waals surface area contributed by atoms with Gasteiger partial charge in [-0.1, -0.05) is 12.1 Å². The molecule has 162 valence electrons. The van der Waals surface area contributed by atoms with E-state index in [4.69, 9.17) is 5.73 Å². The molecule has 0 spiro atoms. The molecule has 1 aliphatic heterocycles. The number of alkyl halides is 3. The van der Waals surface area contributed by atoms with Crippen LogP contribution in [0.1, 0.15) is 11.1 Å². The maximum absolute atomic E-state index is 12.7. The van der Waals surface area contributed by atoms with Gasteiger partial charge in [0.2, 0.25) is 5.95 Å². The Hall–Kier alpha value is -2.88. The molecule has 1 saturated heterocycles. The molecule has 1 atom stereocenters. The first-order chi connectivity index (χ1) is 14.4. The first-order valence-corrected chi connectivity index (χ1v) is 9.70. The minimum Gasteiger partial charge on any atom is -0.396 e. The van der Waals surface area contributed by atoms with Gasteiger partial charge in [-0.25, -0.2) is 9.97 Å². The third kappa shape index (κ3) is 5.82. The van der Waals surface area contributed by atoms with Crippen molar-refractivity contribution in [1.29, 1.82) is 0 Å². The monoisotopic (exact) mass is 422 g/mol. The number of hydrogen-bond acceptors (Lipinski definition) is 5. The molecule has 2 heterocycles. The van der Waals surface area contributed by atoms with Gasteiger partial charge < -0.3 is 20.6 Å². The highest BCUT2D eigenvalue weighted by Crippen LogP contribution is 2.29. The highest BCUT2D eigenvalue weighted by Gasteiger charge is 2.30. The largest absolute Gasteiger partial charge is 0.416 e. The summed E-state index contributed by atoms with van der Waals surface area (Å²) >= 11 is 0. The van der Waals surface area contributed by atoms with Crippen molar-refractivity contribution in [3.8, 4) is 0 Å². The van der Waals surface area contributed by atoms with Gasteiger partial charge in [0.15, 0.2) is 5.96 Å². The Morgan fingerprint density at radius 1 is 1.10 bits per heavy atom. The number of halogens is 3. The van der Waals surface area contributed by atoms with Crippen molar-refractivity contribution >= 4 is 11.9 Å². The van der Waals surface area contributed by atoms with Crippen LogP contribution < -0.4 is 10.6 Å². The normalized spacial score (nSPS) is 16.6. The summed E-state index contributed by atoms with van der Waals surface area (Å²) in [6, 6.07) is 6.74. The molecule has 0 radical (unpaired) electrons. The van der Waals surface area contributed by atoms with Crippen LogP contribution in [0.25, 0.3) is 0 Å². The Morgan fingerprint density at radius 3 is 2.30 bits per heavy atom. The number of nitrogens with two attached hydrogens (primary N) is 1. The number of aromatic nitrogens is 2. The summed E-state index contributed by atoms with van der Waals surface area (Å²) in [6.07, 6.45) is -0.526. The van der Waals surface area contributed by atoms with Gasteiger partial charge in [0, 0.05) is 57.6 Å². The van der Waals surface area contributed by atoms with E-state index < -0.39 is 11.7 Å². The van der Waals surface area contributed by atoms with E-state index in [0.29, 0.717) is 43.5 Å². The zero-order valence-electron chi connectivity index (χ0n) is 16.5. The zero-order chi connectivity index (χ0) is 21.6. The van der Waals surface area contributed by atoms with Crippen molar-refractivity contribution in [1.82, 2.24) is 14.9 Å². The van der Waals surface area contributed by atoms with E-state index in [2.05, 4.69) is 19.9 Å². The number of aliphatic imine (C=N–C) groups is 1. The standard InChI is InChI=1S/C20H25F3N6O/c21-20(22,23)17-4-2-15(3-5-17)12-16(14-30)13-27-18(24)28-8-10-29(11-9-28)19-25-6-1-7-26-19/h1-7,16,30H,8-14H2,(H2,24,27). The molecule has 1 aromatic heterocycles. The van der Waals surface area contributed by atoms with E-state index in [1.54, 1.807) is 18.5 Å². The maximum atomic E-state index is 12.7. The molecule has 10 heteroatoms. The summed E-state index contributed by atoms with van der Waals surface area (Å²) in [5.41, 5.74) is 6.15. The molecular formula is C20H25F3N6O. The van der Waals surface area contributed by atoms with Crippen LogP contribution in [0.2, 0.25) is 0 Å². The van der Waals surface area contributed by atoms with Gasteiger partial charge in [-0.2, -0.15) is 13.2 Å². The van der Waals surface area contributed by atoms with Crippen LogP contribution in [-0.4, -0.2) is 65.3 Å². The van der Waals surface area contributed by atoms with Gasteiger partial charge in [-0.15, -0.1) is 0 Å². The van der Waals surface area contributed by atoms with Crippen molar-refractivity contribution in [2.45, 2.75) is 12.6 Å². The Kier molecular flexibility index (Phi) is 7.09. The van der Waals surface area contributed by atoms with Crippen LogP contribution in [-0.2, 0) is 12.6 Å². The van der Waals surface area contributed by atoms with Gasteiger partial charge in [0.05, 0.1) is 5.56 Å². The fourth-order valence-corrected chi connectivity index (χ4v) is 3.26. The van der Waals surface area contributed by atoms with E-state index >= 15 is 0 Å². The highest BCUT2D eigenvalue weighted by molar-refractivity contribution is 5.78. The Morgan fingerprint density at radius 2 is 1.73 bits per heavy atom. The predicted octanol–water partition coefficient (Wildman–Crippen LogP) is 1.78. The molecule has 1 unspecified atom stereocenters. The Balaban J connectivity index is 1.51. The van der Waals surface area contributed by atoms with Crippen LogP contribution in [0.5, 0.6) is 0 Å². The lowest BCUT2D eigenvalue weighted by Gasteiger charge is -2.35. The summed E-state index contributed by atoms with van der Waals surface area (Å²) in [5, 5.41) is 9.63. The Labute approximate surface area is 173 Å². The number of benzene rings is 1. The van der Waals surface area contributed by atoms with Crippen LogP contribution in [0.15, 0.2) is 47.7 Å². The summed E-state index contributed by atoms with van der Waals surface area (Å²) in [5.74, 6) is 0.860. The molecule has 1 aromatic carbocycles. The third-order valence-electron chi connectivity index (χ3n) is 5.01. The smallest absolute Gasteiger partial charge is 0.396 e. The molecule has 7 nitrogen and oxygen atoms in total. The van der Waals surface area contributed by atoms with Gasteiger partial charge in [0.25, 0.3) is 0 Å². The van der Waals surface area contributed by atoms with E-state index in [1.807, 2.05) is 4.90 Å². The second kappa shape index (κ2) is 9.75. The minimum atomic E-state index is -4.36. The fourth-order valence-electron chi connectivity index (χ4n) is 3.26. The lowest BCUT2D eigenvalue weighted by molar-refractivity contribution is -0.137. The average Bonchev–Trinajstić information content (AvgIpc) is 2.77. The molecule has 0 amide bonds. The SMILES string of the molecule is NC(=NCC(CO)Cc1ccc(C(F)(F)F)cc1)N1CCN(c2ncccn2)CC1. The molecule has 30 heavy (non-hydrogen) atoms. The number of anilines is 1. The number of aliphatic hydroxyl groups excluding tert-OH is 1. The second-order valence-corrected chi connectivity index (χ2v) is 7.17. The van der Waals surface area contributed by atoms with Gasteiger partial charge in [-0.3, -0.25) is 4.99 Å². The molecule has 0 aliphatic carbocycles. The van der Waals surface area contributed by atoms with E-state index in [9.17, 15) is 18.3 Å². The lowest BCUT2D eigenvalue weighted by Crippen LogP contribution is -2.51. The average molecular weight is 422 g/mol. The van der Waals surface area contributed by atoms with Gasteiger partial charge >= 0.3 is 6.18 Å². The molecule has 0 saturated carbocycles. The summed E-state index contributed by atoms with van der Waals surface area (Å²) in [6.45, 7) is 2.96. The van der Waals surface area contributed by atoms with Crippen LogP contribution in [0.3, 0.4) is 0 Å². The Bertz CT molecular complexity index is 821. The van der Waals surface area contributed by atoms with Crippen molar-refractivity contribution in [3.63, 3.8) is 0 Å². The topological polar surface area (TPSA) is 90.9 Å². The number of hydrogen-bond donors (Lipinski definition) is 2. The molecule has 1 aliphatic rings. The lowest BCUT2D eigenvalue weighted by atomic mass is 9.99. The molecule has 1 fully saturated rings. The summed E-state index contributed by atoms with van der Waals surface area (Å²) in [4.78, 5) is 16.9. The summed E-state index contributed by atoms with van der Waals surface area (Å²) < 4.78 is 38.0. The van der Waals surface area contributed by atoms with Crippen LogP contribution in [0, 0.1) is 5.92 Å². The molecule has 3 rings (SSSR count). The van der Waals surface area contributed by atoms with E-state index in [-0.39, 0.29) is 12.5 Å². The number of piperazine rings is 1. The second-order valence-electron chi connectivity index (χ2n) is 7.17. The van der Waals surface area contributed by atoms with Crippen molar-refractivity contribution < 1.29 is 18.3 Å². The minimum absolute atomic E-state index is 0.128. The number of rotatable bonds is 6. The zero-order valence-corrected chi connectivity index (χ0v) is 16.5. The van der Waals surface area contributed by atoms with Crippen molar-refractivity contribution in [3.05, 3.63) is 53.9 Å². The molecule has 2 aromatic rings. The first kappa shape index (κ1) is 21.8. The quantitative estimate of drug-likeness (QED) is 0.545. The first-order valence-electron chi connectivity index (χ1n) is 9.70. The number of guanidine groups is 1.